The number of piperidine rings is 1. The number of benzene rings is 2. The zero-order valence-electron chi connectivity index (χ0n) is 24.3. The number of hydrogen-bond donors (Lipinski definition) is 0. The normalized spacial score (nSPS) is 19.2. The molecule has 2 fully saturated rings. The average Bonchev–Trinajstić information content (AvgIpc) is 3.44. The van der Waals surface area contributed by atoms with Crippen LogP contribution < -0.4 is 9.64 Å². The molecular weight excluding hydrogens is 614 g/mol. The molecule has 1 aromatic heterocycles. The molecule has 5 rings (SSSR count). The second-order valence-corrected chi connectivity index (χ2v) is 13.5. The number of likely N-dealkylation sites (N-methyl/N-ethyl adjacent to an activating group) is 1. The second-order valence-electron chi connectivity index (χ2n) is 11.1. The largest absolute Gasteiger partial charge is 0.415 e. The van der Waals surface area contributed by atoms with Gasteiger partial charge < -0.3 is 19.4 Å². The van der Waals surface area contributed by atoms with Crippen LogP contribution in [0.15, 0.2) is 65.7 Å². The molecule has 2 atom stereocenters. The predicted molar refractivity (Wildman–Crippen MR) is 162 cm³/mol. The number of carbonyl (C=O) groups is 2. The number of likely N-dealkylation sites (tertiary alicyclic amines) is 1. The van der Waals surface area contributed by atoms with Crippen LogP contribution >= 0.6 is 11.6 Å². The zero-order valence-corrected chi connectivity index (χ0v) is 25.9. The monoisotopic (exact) mass is 646 g/mol. The van der Waals surface area contributed by atoms with Crippen LogP contribution in [-0.4, -0.2) is 80.2 Å². The first kappa shape index (κ1) is 31.6. The van der Waals surface area contributed by atoms with E-state index in [2.05, 4.69) is 4.98 Å². The quantitative estimate of drug-likeness (QED) is 0.350. The van der Waals surface area contributed by atoms with Crippen molar-refractivity contribution in [1.29, 1.82) is 0 Å². The minimum atomic E-state index is -3.35. The number of nitrogens with zero attached hydrogens (tertiary/aromatic N) is 4. The molecule has 2 saturated heterocycles. The van der Waals surface area contributed by atoms with Gasteiger partial charge in [-0.15, -0.1) is 0 Å². The Morgan fingerprint density at radius 2 is 1.75 bits per heavy atom. The first-order valence-corrected chi connectivity index (χ1v) is 16.6. The highest BCUT2D eigenvalue weighted by Crippen LogP contribution is 2.35. The van der Waals surface area contributed by atoms with Crippen LogP contribution in [-0.2, 0) is 14.6 Å². The molecule has 234 valence electrons. The molecule has 2 amide bonds. The van der Waals surface area contributed by atoms with Gasteiger partial charge >= 0.3 is 6.09 Å². The number of halogens is 3. The summed E-state index contributed by atoms with van der Waals surface area (Å²) in [5.41, 5.74) is 0.610. The van der Waals surface area contributed by atoms with E-state index >= 15 is 0 Å². The number of ether oxygens (including phenoxy) is 1. The SMILES string of the molecule is CCN(C(=O)Oc1ccc(F)cc1)C1CN(C(=O)C2CCN(c3ccc(S(C)(=O)=O)cn3)CC2)CC1c1ccc(Cl)c(F)c1. The fourth-order valence-corrected chi connectivity index (χ4v) is 6.58. The Hall–Kier alpha value is -3.77. The number of aromatic nitrogens is 1. The van der Waals surface area contributed by atoms with Gasteiger partial charge in [0.2, 0.25) is 5.91 Å². The van der Waals surface area contributed by atoms with E-state index in [4.69, 9.17) is 16.3 Å². The molecule has 2 aliphatic heterocycles. The molecule has 2 unspecified atom stereocenters. The number of pyridine rings is 1. The van der Waals surface area contributed by atoms with Gasteiger partial charge in [0, 0.05) is 57.0 Å². The van der Waals surface area contributed by atoms with Crippen LogP contribution in [0.1, 0.15) is 31.2 Å². The van der Waals surface area contributed by atoms with Crippen LogP contribution in [0.2, 0.25) is 5.02 Å². The van der Waals surface area contributed by atoms with Crippen molar-refractivity contribution in [3.05, 3.63) is 83.0 Å². The Morgan fingerprint density at radius 1 is 1.05 bits per heavy atom. The Balaban J connectivity index is 1.31. The molecular formula is C31H33ClF2N4O5S. The van der Waals surface area contributed by atoms with Crippen LogP contribution in [0.4, 0.5) is 19.4 Å². The minimum Gasteiger partial charge on any atom is -0.410 e. The maximum Gasteiger partial charge on any atom is 0.415 e. The Bertz CT molecular complexity index is 1620. The summed E-state index contributed by atoms with van der Waals surface area (Å²) >= 11 is 5.94. The summed E-state index contributed by atoms with van der Waals surface area (Å²) in [6.07, 6.45) is 2.96. The van der Waals surface area contributed by atoms with Gasteiger partial charge in [-0.3, -0.25) is 4.79 Å². The number of hydrogen-bond acceptors (Lipinski definition) is 7. The second kappa shape index (κ2) is 13.1. The number of anilines is 1. The lowest BCUT2D eigenvalue weighted by molar-refractivity contribution is -0.135. The van der Waals surface area contributed by atoms with E-state index in [1.54, 1.807) is 24.0 Å². The summed E-state index contributed by atoms with van der Waals surface area (Å²) in [5, 5.41) is -0.0218. The molecule has 44 heavy (non-hydrogen) atoms. The fraction of sp³-hybridized carbons (Fsp3) is 0.387. The van der Waals surface area contributed by atoms with Crippen molar-refractivity contribution in [3.8, 4) is 5.75 Å². The average molecular weight is 647 g/mol. The first-order chi connectivity index (χ1) is 20.9. The van der Waals surface area contributed by atoms with Gasteiger partial charge in [-0.2, -0.15) is 0 Å². The fourth-order valence-electron chi connectivity index (χ4n) is 5.91. The third-order valence-electron chi connectivity index (χ3n) is 8.28. The molecule has 3 aromatic rings. The molecule has 2 aliphatic rings. The third kappa shape index (κ3) is 6.96. The molecule has 9 nitrogen and oxygen atoms in total. The van der Waals surface area contributed by atoms with Crippen molar-refractivity contribution in [2.45, 2.75) is 36.6 Å². The van der Waals surface area contributed by atoms with Crippen molar-refractivity contribution < 1.29 is 31.5 Å². The van der Waals surface area contributed by atoms with Crippen molar-refractivity contribution in [2.24, 2.45) is 5.92 Å². The predicted octanol–water partition coefficient (Wildman–Crippen LogP) is 5.15. The van der Waals surface area contributed by atoms with Crippen molar-refractivity contribution in [2.75, 3.05) is 43.9 Å². The van der Waals surface area contributed by atoms with Gasteiger partial charge in [-0.1, -0.05) is 17.7 Å². The molecule has 0 bridgehead atoms. The third-order valence-corrected chi connectivity index (χ3v) is 9.69. The molecule has 3 heterocycles. The highest BCUT2D eigenvalue weighted by molar-refractivity contribution is 7.90. The Morgan fingerprint density at radius 3 is 2.34 bits per heavy atom. The highest BCUT2D eigenvalue weighted by Gasteiger charge is 2.43. The Kier molecular flexibility index (Phi) is 9.40. The lowest BCUT2D eigenvalue weighted by atomic mass is 9.93. The summed E-state index contributed by atoms with van der Waals surface area (Å²) in [7, 11) is -3.35. The van der Waals surface area contributed by atoms with E-state index in [0.29, 0.717) is 37.3 Å². The van der Waals surface area contributed by atoms with E-state index in [1.807, 2.05) is 4.90 Å². The van der Waals surface area contributed by atoms with E-state index in [9.17, 15) is 26.8 Å². The Labute approximate surface area is 260 Å². The molecule has 0 radical (unpaired) electrons. The van der Waals surface area contributed by atoms with Gasteiger partial charge in [-0.25, -0.2) is 27.0 Å². The molecule has 2 aromatic carbocycles. The maximum atomic E-state index is 14.5. The number of sulfone groups is 1. The molecule has 0 spiro atoms. The lowest BCUT2D eigenvalue weighted by Gasteiger charge is -2.34. The van der Waals surface area contributed by atoms with Gasteiger partial charge in [-0.05, 0) is 73.9 Å². The van der Waals surface area contributed by atoms with Gasteiger partial charge in [0.15, 0.2) is 9.84 Å². The topological polar surface area (TPSA) is 100 Å². The van der Waals surface area contributed by atoms with E-state index in [1.165, 1.54) is 53.6 Å². The van der Waals surface area contributed by atoms with Gasteiger partial charge in [0.05, 0.1) is 16.0 Å². The summed E-state index contributed by atoms with van der Waals surface area (Å²) < 4.78 is 57.0. The van der Waals surface area contributed by atoms with Crippen LogP contribution in [0.5, 0.6) is 5.75 Å². The zero-order chi connectivity index (χ0) is 31.6. The van der Waals surface area contributed by atoms with Gasteiger partial charge in [0.25, 0.3) is 0 Å². The molecule has 0 saturated carbocycles. The summed E-state index contributed by atoms with van der Waals surface area (Å²) in [6.45, 7) is 3.70. The summed E-state index contributed by atoms with van der Waals surface area (Å²) in [4.78, 5) is 36.8. The molecule has 0 N–H and O–H groups in total. The number of carbonyl (C=O) groups excluding carboxylic acids is 2. The van der Waals surface area contributed by atoms with Crippen molar-refractivity contribution >= 4 is 39.3 Å². The summed E-state index contributed by atoms with van der Waals surface area (Å²) in [6, 6.07) is 12.3. The van der Waals surface area contributed by atoms with Crippen LogP contribution in [0.25, 0.3) is 0 Å². The van der Waals surface area contributed by atoms with E-state index < -0.39 is 39.5 Å². The standard InChI is InChI=1S/C31H33ClF2N4O5S/c1-3-38(31(40)43-23-7-5-22(33)6-8-23)28-19-37(18-25(28)21-4-10-26(32)27(34)16-21)30(39)20-12-14-36(15-13-20)29-11-9-24(17-35-29)44(2,41)42/h4-11,16-17,20,25,28H,3,12-15,18-19H2,1-2H3. The van der Waals surface area contributed by atoms with E-state index in [0.717, 1.165) is 6.26 Å². The maximum absolute atomic E-state index is 14.5. The van der Waals surface area contributed by atoms with Crippen molar-refractivity contribution in [1.82, 2.24) is 14.8 Å². The minimum absolute atomic E-state index is 0.0218. The van der Waals surface area contributed by atoms with Crippen molar-refractivity contribution in [3.63, 3.8) is 0 Å². The summed E-state index contributed by atoms with van der Waals surface area (Å²) in [5.74, 6) is -0.924. The molecule has 13 heteroatoms. The van der Waals surface area contributed by atoms with Crippen LogP contribution in [0, 0.1) is 17.6 Å². The van der Waals surface area contributed by atoms with E-state index in [-0.39, 0.29) is 47.1 Å². The number of amides is 2. The lowest BCUT2D eigenvalue weighted by Crippen LogP contribution is -2.47. The smallest absolute Gasteiger partial charge is 0.410 e. The molecule has 0 aliphatic carbocycles. The number of rotatable bonds is 7. The van der Waals surface area contributed by atoms with Crippen LogP contribution in [0.3, 0.4) is 0 Å². The van der Waals surface area contributed by atoms with Gasteiger partial charge in [0.1, 0.15) is 23.2 Å². The highest BCUT2D eigenvalue weighted by atomic mass is 35.5. The first-order valence-electron chi connectivity index (χ1n) is 14.3.